The molecule has 0 radical (unpaired) electrons. The van der Waals surface area contributed by atoms with Crippen LogP contribution in [0, 0.1) is 11.6 Å². The van der Waals surface area contributed by atoms with E-state index in [9.17, 15) is 22.4 Å². The van der Waals surface area contributed by atoms with Crippen molar-refractivity contribution in [3.63, 3.8) is 0 Å². The third-order valence-electron chi connectivity index (χ3n) is 7.30. The molecular formula is C29H28Cl2F5N5O. The average molecular weight is 628 g/mol. The largest absolute Gasteiger partial charge is 0.417 e. The van der Waals surface area contributed by atoms with Gasteiger partial charge < -0.3 is 9.80 Å². The highest BCUT2D eigenvalue weighted by Gasteiger charge is 2.34. The number of benzene rings is 1. The Bertz CT molecular complexity index is 1610. The summed E-state index contributed by atoms with van der Waals surface area (Å²) in [7, 11) is 0. The summed E-state index contributed by atoms with van der Waals surface area (Å²) in [5.74, 6) is -1.78. The predicted octanol–water partition coefficient (Wildman–Crippen LogP) is 7.19. The Labute approximate surface area is 250 Å². The molecule has 0 unspecified atom stereocenters. The molecular weight excluding hydrogens is 600 g/mol. The topological polar surface area (TPSA) is 53.7 Å². The average Bonchev–Trinajstić information content (AvgIpc) is 3.29. The smallest absolute Gasteiger partial charge is 0.365 e. The fraction of sp³-hybridized carbons (Fsp3) is 0.345. The summed E-state index contributed by atoms with van der Waals surface area (Å²) in [6, 6.07) is 8.40. The summed E-state index contributed by atoms with van der Waals surface area (Å²) in [5.41, 5.74) is 1.66. The quantitative estimate of drug-likeness (QED) is 0.160. The molecule has 0 bridgehead atoms. The minimum atomic E-state index is -4.69. The van der Waals surface area contributed by atoms with Gasteiger partial charge in [0.2, 0.25) is 0 Å². The molecule has 1 aromatic carbocycles. The van der Waals surface area contributed by atoms with Crippen molar-refractivity contribution in [3.05, 3.63) is 88.0 Å². The molecule has 1 saturated heterocycles. The zero-order valence-corrected chi connectivity index (χ0v) is 24.3. The second-order valence-electron chi connectivity index (χ2n) is 10.1. The van der Waals surface area contributed by atoms with Gasteiger partial charge in [0.15, 0.2) is 17.4 Å². The molecule has 0 saturated carbocycles. The second kappa shape index (κ2) is 12.4. The Hall–Kier alpha value is -3.44. The molecule has 1 atom stereocenters. The van der Waals surface area contributed by atoms with Crippen LogP contribution in [0.4, 0.5) is 33.5 Å². The number of Topliss-reactive ketones (excluding diaryl/α,β-unsaturated/α-hetero) is 1. The number of carbonyl (C=O) groups is 1. The highest BCUT2D eigenvalue weighted by molar-refractivity contribution is 6.30. The Morgan fingerprint density at radius 3 is 2.50 bits per heavy atom. The van der Waals surface area contributed by atoms with Crippen LogP contribution in [0.3, 0.4) is 0 Å². The molecule has 6 nitrogen and oxygen atoms in total. The lowest BCUT2D eigenvalue weighted by Crippen LogP contribution is -2.53. The fourth-order valence-corrected chi connectivity index (χ4v) is 5.40. The summed E-state index contributed by atoms with van der Waals surface area (Å²) in [6.45, 7) is 4.58. The molecule has 0 N–H and O–H groups in total. The van der Waals surface area contributed by atoms with Crippen molar-refractivity contribution in [2.75, 3.05) is 29.4 Å². The number of carbonyl (C=O) groups excluding carboxylic acids is 1. The molecule has 13 heteroatoms. The summed E-state index contributed by atoms with van der Waals surface area (Å²) in [6.07, 6.45) is -1.34. The van der Waals surface area contributed by atoms with E-state index >= 15 is 4.39 Å². The highest BCUT2D eigenvalue weighted by Crippen LogP contribution is 2.32. The van der Waals surface area contributed by atoms with Crippen LogP contribution in [0.1, 0.15) is 47.6 Å². The number of imidazole rings is 1. The van der Waals surface area contributed by atoms with Crippen LogP contribution in [0.5, 0.6) is 0 Å². The minimum Gasteiger partial charge on any atom is -0.365 e. The van der Waals surface area contributed by atoms with Crippen molar-refractivity contribution in [3.8, 4) is 0 Å². The second-order valence-corrected chi connectivity index (χ2v) is 10.5. The van der Waals surface area contributed by atoms with Crippen molar-refractivity contribution in [1.82, 2.24) is 14.4 Å². The number of fused-ring (bicyclic) bond motifs is 1. The summed E-state index contributed by atoms with van der Waals surface area (Å²) in [5, 5.41) is 0.486. The van der Waals surface area contributed by atoms with Crippen LogP contribution in [0.15, 0.2) is 48.8 Å². The molecule has 3 aromatic heterocycles. The van der Waals surface area contributed by atoms with E-state index in [4.69, 9.17) is 11.6 Å². The van der Waals surface area contributed by atoms with Gasteiger partial charge in [0.25, 0.3) is 0 Å². The van der Waals surface area contributed by atoms with E-state index in [-0.39, 0.29) is 43.0 Å². The van der Waals surface area contributed by atoms with Crippen molar-refractivity contribution >= 4 is 46.9 Å². The van der Waals surface area contributed by atoms with E-state index in [1.54, 1.807) is 46.7 Å². The number of aryl methyl sites for hydroxylation is 2. The number of alkyl halides is 3. The predicted molar refractivity (Wildman–Crippen MR) is 154 cm³/mol. The maximum Gasteiger partial charge on any atom is 0.417 e. The summed E-state index contributed by atoms with van der Waals surface area (Å²) >= 11 is 6.13. The van der Waals surface area contributed by atoms with Crippen molar-refractivity contribution in [1.29, 1.82) is 0 Å². The van der Waals surface area contributed by atoms with Crippen LogP contribution in [0.25, 0.3) is 5.65 Å². The van der Waals surface area contributed by atoms with E-state index in [1.807, 2.05) is 11.8 Å². The monoisotopic (exact) mass is 627 g/mol. The maximum absolute atomic E-state index is 15.2. The van der Waals surface area contributed by atoms with Gasteiger partial charge in [-0.05, 0) is 55.7 Å². The Morgan fingerprint density at radius 2 is 1.86 bits per heavy atom. The molecule has 1 fully saturated rings. The molecule has 4 heterocycles. The number of hydrogen-bond donors (Lipinski definition) is 0. The first-order chi connectivity index (χ1) is 19.5. The third kappa shape index (κ3) is 6.32. The first kappa shape index (κ1) is 31.5. The lowest BCUT2D eigenvalue weighted by molar-refractivity contribution is -0.138. The number of aromatic nitrogens is 3. The Balaban J connectivity index is 0.00000405. The fourth-order valence-electron chi connectivity index (χ4n) is 5.24. The number of ketones is 1. The van der Waals surface area contributed by atoms with Gasteiger partial charge in [-0.3, -0.25) is 9.20 Å². The standard InChI is InChI=1S/C29H27ClF5N5O.ClH/c1-3-23-27(40-16-20(30)6-9-26(40)37-23)25(41)8-5-18-4-7-24(21(31)12-18)38-10-11-39(17(2)15-38)28-22(32)13-19(14-36-28)29(33,34)35;/h4,6-7,9,12-14,16-17H,3,5,8,10-11,15H2,1-2H3;1H/t17-;/m0./s1. The van der Waals surface area contributed by atoms with Gasteiger partial charge in [-0.25, -0.2) is 18.7 Å². The maximum atomic E-state index is 15.2. The first-order valence-corrected chi connectivity index (χ1v) is 13.6. The van der Waals surface area contributed by atoms with Crippen molar-refractivity contribution < 1.29 is 26.7 Å². The lowest BCUT2D eigenvalue weighted by atomic mass is 10.0. The molecule has 1 aliphatic heterocycles. The van der Waals surface area contributed by atoms with E-state index < -0.39 is 23.4 Å². The molecule has 42 heavy (non-hydrogen) atoms. The van der Waals surface area contributed by atoms with E-state index in [0.717, 1.165) is 0 Å². The van der Waals surface area contributed by atoms with E-state index in [2.05, 4.69) is 9.97 Å². The van der Waals surface area contributed by atoms with Crippen LogP contribution < -0.4 is 9.80 Å². The van der Waals surface area contributed by atoms with E-state index in [1.165, 1.54) is 6.07 Å². The zero-order valence-electron chi connectivity index (χ0n) is 22.8. The normalized spacial score (nSPS) is 15.7. The zero-order chi connectivity index (χ0) is 29.5. The van der Waals surface area contributed by atoms with Gasteiger partial charge in [-0.1, -0.05) is 24.6 Å². The molecule has 1 aliphatic rings. The number of halogens is 7. The summed E-state index contributed by atoms with van der Waals surface area (Å²) < 4.78 is 70.1. The van der Waals surface area contributed by atoms with Gasteiger partial charge in [-0.15, -0.1) is 12.4 Å². The number of piperazine rings is 1. The van der Waals surface area contributed by atoms with Crippen LogP contribution >= 0.6 is 24.0 Å². The van der Waals surface area contributed by atoms with Crippen LogP contribution in [-0.4, -0.2) is 45.8 Å². The van der Waals surface area contributed by atoms with Gasteiger partial charge in [0, 0.05) is 44.5 Å². The van der Waals surface area contributed by atoms with Gasteiger partial charge in [0.05, 0.1) is 22.0 Å². The van der Waals surface area contributed by atoms with E-state index in [0.29, 0.717) is 71.5 Å². The molecule has 4 aromatic rings. The van der Waals surface area contributed by atoms with Gasteiger partial charge in [-0.2, -0.15) is 13.2 Å². The Kier molecular flexibility index (Phi) is 9.32. The van der Waals surface area contributed by atoms with Crippen molar-refractivity contribution in [2.45, 2.75) is 45.3 Å². The SMILES string of the molecule is CCc1nc2ccc(Cl)cn2c1C(=O)CCc1ccc(N2CCN(c3ncc(C(F)(F)F)cc3F)[C@@H](C)C2)c(F)c1.Cl. The Morgan fingerprint density at radius 1 is 1.10 bits per heavy atom. The summed E-state index contributed by atoms with van der Waals surface area (Å²) in [4.78, 5) is 24.8. The van der Waals surface area contributed by atoms with Crippen LogP contribution in [0.2, 0.25) is 5.02 Å². The lowest BCUT2D eigenvalue weighted by Gasteiger charge is -2.41. The molecule has 224 valence electrons. The highest BCUT2D eigenvalue weighted by atomic mass is 35.5. The molecule has 5 rings (SSSR count). The first-order valence-electron chi connectivity index (χ1n) is 13.2. The van der Waals surface area contributed by atoms with Crippen molar-refractivity contribution in [2.24, 2.45) is 0 Å². The van der Waals surface area contributed by atoms with Gasteiger partial charge >= 0.3 is 6.18 Å². The molecule has 0 spiro atoms. The number of hydrogen-bond acceptors (Lipinski definition) is 5. The minimum absolute atomic E-state index is 0. The number of nitrogens with zero attached hydrogens (tertiary/aromatic N) is 5. The van der Waals surface area contributed by atoms with Crippen LogP contribution in [-0.2, 0) is 19.0 Å². The number of anilines is 2. The number of rotatable bonds is 7. The molecule has 0 aliphatic carbocycles. The third-order valence-corrected chi connectivity index (χ3v) is 7.52. The molecule has 0 amide bonds. The number of pyridine rings is 2. The van der Waals surface area contributed by atoms with Gasteiger partial charge in [0.1, 0.15) is 17.2 Å².